The topological polar surface area (TPSA) is 68.5 Å². The zero-order chi connectivity index (χ0) is 21.8. The summed E-state index contributed by atoms with van der Waals surface area (Å²) in [5, 5.41) is 6.82. The van der Waals surface area contributed by atoms with Crippen LogP contribution in [-0.4, -0.2) is 34.1 Å². The van der Waals surface area contributed by atoms with Gasteiger partial charge >= 0.3 is 0 Å². The van der Waals surface area contributed by atoms with Gasteiger partial charge in [-0.15, -0.1) is 0 Å². The van der Waals surface area contributed by atoms with Crippen LogP contribution in [0, 0.1) is 0 Å². The largest absolute Gasteiger partial charge is 0.481 e. The van der Waals surface area contributed by atoms with E-state index in [0.29, 0.717) is 28.9 Å². The van der Waals surface area contributed by atoms with Crippen molar-refractivity contribution < 1.29 is 14.1 Å². The molecule has 4 rings (SSSR count). The number of likely N-dealkylation sites (N-methyl/N-ethyl adjacent to an activating group) is 1. The number of nitrogens with zero attached hydrogens (tertiary/aromatic N) is 3. The van der Waals surface area contributed by atoms with Crippen LogP contribution >= 0.6 is 11.6 Å². The van der Waals surface area contributed by atoms with E-state index in [2.05, 4.69) is 10.1 Å². The molecule has 6 nitrogen and oxygen atoms in total. The predicted octanol–water partition coefficient (Wildman–Crippen LogP) is 5.36. The highest BCUT2D eigenvalue weighted by molar-refractivity contribution is 6.30. The molecule has 31 heavy (non-hydrogen) atoms. The van der Waals surface area contributed by atoms with Crippen LogP contribution in [0.3, 0.4) is 0 Å². The molecule has 1 atom stereocenters. The van der Waals surface area contributed by atoms with Gasteiger partial charge in [0, 0.05) is 17.6 Å². The van der Waals surface area contributed by atoms with E-state index in [4.69, 9.17) is 20.9 Å². The minimum atomic E-state index is -0.607. The number of hydrogen-bond donors (Lipinski definition) is 0. The average molecular weight is 436 g/mol. The van der Waals surface area contributed by atoms with E-state index in [1.54, 1.807) is 19.2 Å². The lowest BCUT2D eigenvalue weighted by atomic mass is 10.1. The molecule has 0 unspecified atom stereocenters. The first-order valence-electron chi connectivity index (χ1n) is 10.0. The molecule has 7 heteroatoms. The lowest BCUT2D eigenvalue weighted by Gasteiger charge is -2.22. The van der Waals surface area contributed by atoms with Gasteiger partial charge in [0.1, 0.15) is 5.75 Å². The maximum atomic E-state index is 13.0. The zero-order valence-electron chi connectivity index (χ0n) is 17.3. The molecule has 158 valence electrons. The summed E-state index contributed by atoms with van der Waals surface area (Å²) in [6.07, 6.45) is -0.0691. The number of fused-ring (bicyclic) bond motifs is 1. The smallest absolute Gasteiger partial charge is 0.263 e. The molecule has 3 aromatic carbocycles. The van der Waals surface area contributed by atoms with E-state index < -0.39 is 6.10 Å². The Hall–Kier alpha value is -3.38. The third kappa shape index (κ3) is 4.86. The summed E-state index contributed by atoms with van der Waals surface area (Å²) < 4.78 is 11.3. The minimum absolute atomic E-state index is 0.151. The molecule has 0 bridgehead atoms. The standard InChI is InChI=1S/C24H22ClN3O3/c1-3-21(30-20-13-10-16-6-4-5-7-18(16)14-20)24(29)28(2)15-22-26-23(27-31-22)17-8-11-19(25)12-9-17/h4-14,21H,3,15H2,1-2H3/t21-/m1/s1. The fourth-order valence-electron chi connectivity index (χ4n) is 3.28. The van der Waals surface area contributed by atoms with Gasteiger partial charge in [-0.1, -0.05) is 54.0 Å². The van der Waals surface area contributed by atoms with Gasteiger partial charge in [0.2, 0.25) is 11.7 Å². The SMILES string of the molecule is CC[C@@H](Oc1ccc2ccccc2c1)C(=O)N(C)Cc1nc(-c2ccc(Cl)cc2)no1. The summed E-state index contributed by atoms with van der Waals surface area (Å²) in [5.74, 6) is 1.31. The second kappa shape index (κ2) is 9.18. The van der Waals surface area contributed by atoms with Crippen molar-refractivity contribution in [1.29, 1.82) is 0 Å². The van der Waals surface area contributed by atoms with Crippen LogP contribution in [0.25, 0.3) is 22.2 Å². The Morgan fingerprint density at radius 3 is 2.58 bits per heavy atom. The number of ether oxygens (including phenoxy) is 1. The number of rotatable bonds is 7. The maximum absolute atomic E-state index is 13.0. The van der Waals surface area contributed by atoms with E-state index in [1.807, 2.05) is 61.5 Å². The van der Waals surface area contributed by atoms with Crippen molar-refractivity contribution in [3.8, 4) is 17.1 Å². The van der Waals surface area contributed by atoms with Crippen molar-refractivity contribution in [3.05, 3.63) is 77.6 Å². The lowest BCUT2D eigenvalue weighted by Crippen LogP contribution is -2.39. The van der Waals surface area contributed by atoms with E-state index in [-0.39, 0.29) is 12.5 Å². The first-order valence-corrected chi connectivity index (χ1v) is 10.4. The molecular weight excluding hydrogens is 414 g/mol. The van der Waals surface area contributed by atoms with Crippen molar-refractivity contribution in [1.82, 2.24) is 15.0 Å². The van der Waals surface area contributed by atoms with Gasteiger partial charge in [0.05, 0.1) is 6.54 Å². The van der Waals surface area contributed by atoms with Crippen LogP contribution in [-0.2, 0) is 11.3 Å². The van der Waals surface area contributed by atoms with Crippen molar-refractivity contribution in [2.75, 3.05) is 7.05 Å². The van der Waals surface area contributed by atoms with Crippen molar-refractivity contribution in [2.24, 2.45) is 0 Å². The van der Waals surface area contributed by atoms with E-state index in [9.17, 15) is 4.79 Å². The Bertz CT molecular complexity index is 1190. The van der Waals surface area contributed by atoms with Gasteiger partial charge in [-0.3, -0.25) is 4.79 Å². The van der Waals surface area contributed by atoms with Gasteiger partial charge in [-0.2, -0.15) is 4.98 Å². The van der Waals surface area contributed by atoms with Gasteiger partial charge in [0.25, 0.3) is 5.91 Å². The number of aromatic nitrogens is 2. The van der Waals surface area contributed by atoms with Crippen LogP contribution < -0.4 is 4.74 Å². The molecular formula is C24H22ClN3O3. The molecule has 1 aromatic heterocycles. The molecule has 1 amide bonds. The van der Waals surface area contributed by atoms with Crippen molar-refractivity contribution in [2.45, 2.75) is 26.0 Å². The highest BCUT2D eigenvalue weighted by atomic mass is 35.5. The quantitative estimate of drug-likeness (QED) is 0.391. The van der Waals surface area contributed by atoms with Crippen LogP contribution in [0.5, 0.6) is 5.75 Å². The minimum Gasteiger partial charge on any atom is -0.481 e. The predicted molar refractivity (Wildman–Crippen MR) is 120 cm³/mol. The first kappa shape index (κ1) is 20.9. The zero-order valence-corrected chi connectivity index (χ0v) is 18.0. The van der Waals surface area contributed by atoms with Crippen LogP contribution in [0.2, 0.25) is 5.02 Å². The second-order valence-corrected chi connectivity index (χ2v) is 7.67. The van der Waals surface area contributed by atoms with Crippen LogP contribution in [0.15, 0.2) is 71.3 Å². The Balaban J connectivity index is 1.42. The third-order valence-corrected chi connectivity index (χ3v) is 5.22. The van der Waals surface area contributed by atoms with Gasteiger partial charge < -0.3 is 14.2 Å². The summed E-state index contributed by atoms with van der Waals surface area (Å²) in [5.41, 5.74) is 0.791. The monoisotopic (exact) mass is 435 g/mol. The van der Waals surface area contributed by atoms with Crippen molar-refractivity contribution in [3.63, 3.8) is 0 Å². The summed E-state index contributed by atoms with van der Waals surface area (Å²) in [6.45, 7) is 2.11. The molecule has 0 aliphatic heterocycles. The molecule has 0 saturated heterocycles. The Labute approximate surface area is 185 Å². The highest BCUT2D eigenvalue weighted by Gasteiger charge is 2.24. The Morgan fingerprint density at radius 2 is 1.84 bits per heavy atom. The fourth-order valence-corrected chi connectivity index (χ4v) is 3.40. The summed E-state index contributed by atoms with van der Waals surface area (Å²) in [4.78, 5) is 18.9. The molecule has 0 N–H and O–H groups in total. The van der Waals surface area contributed by atoms with Crippen molar-refractivity contribution >= 4 is 28.3 Å². The third-order valence-electron chi connectivity index (χ3n) is 4.96. The normalized spacial score (nSPS) is 12.0. The highest BCUT2D eigenvalue weighted by Crippen LogP contribution is 2.23. The number of amides is 1. The maximum Gasteiger partial charge on any atom is 0.263 e. The summed E-state index contributed by atoms with van der Waals surface area (Å²) >= 11 is 5.92. The van der Waals surface area contributed by atoms with Gasteiger partial charge in [0.15, 0.2) is 6.10 Å². The second-order valence-electron chi connectivity index (χ2n) is 7.24. The van der Waals surface area contributed by atoms with E-state index >= 15 is 0 Å². The number of benzene rings is 3. The molecule has 0 saturated carbocycles. The summed E-state index contributed by atoms with van der Waals surface area (Å²) in [7, 11) is 1.70. The summed E-state index contributed by atoms with van der Waals surface area (Å²) in [6, 6.07) is 21.0. The van der Waals surface area contributed by atoms with Gasteiger partial charge in [-0.25, -0.2) is 0 Å². The van der Waals surface area contributed by atoms with E-state index in [0.717, 1.165) is 16.3 Å². The van der Waals surface area contributed by atoms with Gasteiger partial charge in [-0.05, 0) is 53.6 Å². The fraction of sp³-hybridized carbons (Fsp3) is 0.208. The average Bonchev–Trinajstić information content (AvgIpc) is 3.25. The molecule has 0 radical (unpaired) electrons. The Morgan fingerprint density at radius 1 is 1.10 bits per heavy atom. The molecule has 1 heterocycles. The Kier molecular flexibility index (Phi) is 6.18. The number of carbonyl (C=O) groups is 1. The van der Waals surface area contributed by atoms with Crippen LogP contribution in [0.4, 0.5) is 0 Å². The molecule has 0 aliphatic carbocycles. The molecule has 0 spiro atoms. The first-order chi connectivity index (χ1) is 15.0. The molecule has 0 aliphatic rings. The lowest BCUT2D eigenvalue weighted by molar-refractivity contribution is -0.138. The van der Waals surface area contributed by atoms with E-state index in [1.165, 1.54) is 4.90 Å². The number of hydrogen-bond acceptors (Lipinski definition) is 5. The number of halogens is 1. The van der Waals surface area contributed by atoms with Crippen LogP contribution in [0.1, 0.15) is 19.2 Å². The molecule has 4 aromatic rings. The molecule has 0 fully saturated rings. The number of carbonyl (C=O) groups excluding carboxylic acids is 1.